The molecule has 0 bridgehead atoms. The molecular formula is C15H20N2O2S. The Morgan fingerprint density at radius 2 is 2.10 bits per heavy atom. The van der Waals surface area contributed by atoms with Crippen molar-refractivity contribution in [1.82, 2.24) is 10.6 Å². The smallest absolute Gasteiger partial charge is 0.224 e. The van der Waals surface area contributed by atoms with Gasteiger partial charge in [0.15, 0.2) is 0 Å². The normalized spacial score (nSPS) is 10.8. The Bertz CT molecular complexity index is 554. The molecule has 5 heteroatoms. The SMILES string of the molecule is COCCNCCNC(=O)Cc1csc2ccccc12. The molecule has 1 aromatic heterocycles. The lowest BCUT2D eigenvalue weighted by Gasteiger charge is -2.06. The van der Waals surface area contributed by atoms with Crippen molar-refractivity contribution in [3.63, 3.8) is 0 Å². The van der Waals surface area contributed by atoms with Gasteiger partial charge in [-0.05, 0) is 22.4 Å². The lowest BCUT2D eigenvalue weighted by Crippen LogP contribution is -2.33. The zero-order valence-corrected chi connectivity index (χ0v) is 12.5. The first kappa shape index (κ1) is 15.0. The summed E-state index contributed by atoms with van der Waals surface area (Å²) >= 11 is 1.69. The Hall–Kier alpha value is -1.43. The van der Waals surface area contributed by atoms with Crippen molar-refractivity contribution in [1.29, 1.82) is 0 Å². The molecule has 0 fully saturated rings. The van der Waals surface area contributed by atoms with E-state index >= 15 is 0 Å². The number of carbonyl (C=O) groups is 1. The molecular weight excluding hydrogens is 272 g/mol. The molecule has 20 heavy (non-hydrogen) atoms. The van der Waals surface area contributed by atoms with Crippen molar-refractivity contribution in [2.75, 3.05) is 33.4 Å². The van der Waals surface area contributed by atoms with Crippen LogP contribution in [0.4, 0.5) is 0 Å². The predicted molar refractivity (Wildman–Crippen MR) is 83.3 cm³/mol. The molecule has 0 saturated carbocycles. The number of nitrogens with one attached hydrogen (secondary N) is 2. The van der Waals surface area contributed by atoms with Crippen LogP contribution in [0.1, 0.15) is 5.56 Å². The molecule has 1 heterocycles. The minimum absolute atomic E-state index is 0.0714. The van der Waals surface area contributed by atoms with Crippen molar-refractivity contribution in [2.45, 2.75) is 6.42 Å². The maximum absolute atomic E-state index is 11.9. The van der Waals surface area contributed by atoms with Crippen LogP contribution in [0.15, 0.2) is 29.6 Å². The second-order valence-electron chi connectivity index (χ2n) is 4.53. The van der Waals surface area contributed by atoms with Crippen LogP contribution < -0.4 is 10.6 Å². The van der Waals surface area contributed by atoms with E-state index in [1.807, 2.05) is 12.1 Å². The van der Waals surface area contributed by atoms with E-state index in [4.69, 9.17) is 4.74 Å². The van der Waals surface area contributed by atoms with E-state index in [0.717, 1.165) is 18.7 Å². The van der Waals surface area contributed by atoms with Crippen molar-refractivity contribution < 1.29 is 9.53 Å². The van der Waals surface area contributed by atoms with Crippen molar-refractivity contribution in [3.05, 3.63) is 35.2 Å². The van der Waals surface area contributed by atoms with Gasteiger partial charge in [-0.15, -0.1) is 11.3 Å². The topological polar surface area (TPSA) is 50.4 Å². The third kappa shape index (κ3) is 4.30. The summed E-state index contributed by atoms with van der Waals surface area (Å²) in [4.78, 5) is 11.9. The second kappa shape index (κ2) is 7.99. The highest BCUT2D eigenvalue weighted by atomic mass is 32.1. The van der Waals surface area contributed by atoms with Crippen LogP contribution in [0.25, 0.3) is 10.1 Å². The molecule has 2 rings (SSSR count). The van der Waals surface area contributed by atoms with E-state index in [1.165, 1.54) is 10.1 Å². The zero-order valence-electron chi connectivity index (χ0n) is 11.6. The van der Waals surface area contributed by atoms with Crippen LogP contribution in [-0.4, -0.2) is 39.3 Å². The third-order valence-corrected chi connectivity index (χ3v) is 4.03. The number of thiophene rings is 1. The summed E-state index contributed by atoms with van der Waals surface area (Å²) in [7, 11) is 1.68. The number of hydrogen-bond donors (Lipinski definition) is 2. The van der Waals surface area contributed by atoms with Gasteiger partial charge in [0.2, 0.25) is 5.91 Å². The fourth-order valence-electron chi connectivity index (χ4n) is 1.99. The molecule has 1 aromatic carbocycles. The molecule has 0 atom stereocenters. The standard InChI is InChI=1S/C15H20N2O2S/c1-19-9-8-16-6-7-17-15(18)10-12-11-20-14-5-3-2-4-13(12)14/h2-5,11,16H,6-10H2,1H3,(H,17,18). The van der Waals surface area contributed by atoms with Gasteiger partial charge < -0.3 is 15.4 Å². The van der Waals surface area contributed by atoms with Crippen molar-refractivity contribution >= 4 is 27.3 Å². The first-order chi connectivity index (χ1) is 9.81. The van der Waals surface area contributed by atoms with Crippen LogP contribution in [0.2, 0.25) is 0 Å². The van der Waals surface area contributed by atoms with Crippen LogP contribution in [0.5, 0.6) is 0 Å². The minimum atomic E-state index is 0.0714. The Morgan fingerprint density at radius 1 is 1.25 bits per heavy atom. The highest BCUT2D eigenvalue weighted by Gasteiger charge is 2.07. The molecule has 2 N–H and O–H groups in total. The number of rotatable bonds is 8. The van der Waals surface area contributed by atoms with Gasteiger partial charge in [-0.1, -0.05) is 18.2 Å². The summed E-state index contributed by atoms with van der Waals surface area (Å²) in [5.41, 5.74) is 1.11. The summed E-state index contributed by atoms with van der Waals surface area (Å²) in [6.45, 7) is 2.90. The van der Waals surface area contributed by atoms with Gasteiger partial charge in [-0.2, -0.15) is 0 Å². The van der Waals surface area contributed by atoms with Gasteiger partial charge in [-0.3, -0.25) is 4.79 Å². The minimum Gasteiger partial charge on any atom is -0.383 e. The number of hydrogen-bond acceptors (Lipinski definition) is 4. The number of benzene rings is 1. The number of ether oxygens (including phenoxy) is 1. The molecule has 2 aromatic rings. The molecule has 0 aliphatic rings. The average Bonchev–Trinajstić information content (AvgIpc) is 2.86. The van der Waals surface area contributed by atoms with Crippen LogP contribution in [-0.2, 0) is 16.0 Å². The molecule has 0 aliphatic carbocycles. The fourth-order valence-corrected chi connectivity index (χ4v) is 2.96. The van der Waals surface area contributed by atoms with E-state index in [2.05, 4.69) is 28.1 Å². The summed E-state index contributed by atoms with van der Waals surface area (Å²) < 4.78 is 6.16. The molecule has 4 nitrogen and oxygen atoms in total. The summed E-state index contributed by atoms with van der Waals surface area (Å²) in [5, 5.41) is 9.37. The predicted octanol–water partition coefficient (Wildman–Crippen LogP) is 1.80. The fraction of sp³-hybridized carbons (Fsp3) is 0.400. The Labute approximate surface area is 123 Å². The van der Waals surface area contributed by atoms with Gasteiger partial charge in [0.1, 0.15) is 0 Å². The van der Waals surface area contributed by atoms with E-state index in [1.54, 1.807) is 18.4 Å². The number of fused-ring (bicyclic) bond motifs is 1. The monoisotopic (exact) mass is 292 g/mol. The zero-order chi connectivity index (χ0) is 14.2. The van der Waals surface area contributed by atoms with Crippen molar-refractivity contribution in [2.24, 2.45) is 0 Å². The van der Waals surface area contributed by atoms with E-state index in [-0.39, 0.29) is 5.91 Å². The van der Waals surface area contributed by atoms with Gasteiger partial charge >= 0.3 is 0 Å². The molecule has 1 amide bonds. The lowest BCUT2D eigenvalue weighted by molar-refractivity contribution is -0.120. The number of methoxy groups -OCH3 is 1. The Kier molecular flexibility index (Phi) is 5.98. The molecule has 0 aliphatic heterocycles. The average molecular weight is 292 g/mol. The van der Waals surface area contributed by atoms with Crippen LogP contribution in [0.3, 0.4) is 0 Å². The van der Waals surface area contributed by atoms with Crippen LogP contribution in [0, 0.1) is 0 Å². The summed E-state index contributed by atoms with van der Waals surface area (Å²) in [6.07, 6.45) is 0.447. The summed E-state index contributed by atoms with van der Waals surface area (Å²) in [6, 6.07) is 8.19. The Morgan fingerprint density at radius 3 is 2.95 bits per heavy atom. The van der Waals surface area contributed by atoms with Crippen LogP contribution >= 0.6 is 11.3 Å². The van der Waals surface area contributed by atoms with Gasteiger partial charge in [-0.25, -0.2) is 0 Å². The first-order valence-electron chi connectivity index (χ1n) is 6.72. The lowest BCUT2D eigenvalue weighted by atomic mass is 10.1. The molecule has 0 saturated heterocycles. The molecule has 0 radical (unpaired) electrons. The highest BCUT2D eigenvalue weighted by molar-refractivity contribution is 7.17. The van der Waals surface area contributed by atoms with E-state index in [9.17, 15) is 4.79 Å². The highest BCUT2D eigenvalue weighted by Crippen LogP contribution is 2.25. The first-order valence-corrected chi connectivity index (χ1v) is 7.60. The molecule has 0 spiro atoms. The molecule has 0 unspecified atom stereocenters. The van der Waals surface area contributed by atoms with E-state index in [0.29, 0.717) is 19.6 Å². The summed E-state index contributed by atoms with van der Waals surface area (Å²) in [5.74, 6) is 0.0714. The largest absolute Gasteiger partial charge is 0.383 e. The number of carbonyl (C=O) groups excluding carboxylic acids is 1. The van der Waals surface area contributed by atoms with Gasteiger partial charge in [0.05, 0.1) is 13.0 Å². The second-order valence-corrected chi connectivity index (χ2v) is 5.44. The quantitative estimate of drug-likeness (QED) is 0.729. The number of amides is 1. The third-order valence-electron chi connectivity index (χ3n) is 3.02. The van der Waals surface area contributed by atoms with E-state index < -0.39 is 0 Å². The maximum Gasteiger partial charge on any atom is 0.224 e. The molecule has 108 valence electrons. The van der Waals surface area contributed by atoms with Gasteiger partial charge in [0.25, 0.3) is 0 Å². The van der Waals surface area contributed by atoms with Gasteiger partial charge in [0, 0.05) is 31.4 Å². The maximum atomic E-state index is 11.9. The Balaban J connectivity index is 1.74. The van der Waals surface area contributed by atoms with Crippen molar-refractivity contribution in [3.8, 4) is 0 Å².